The lowest BCUT2D eigenvalue weighted by molar-refractivity contribution is -0.121. The highest BCUT2D eigenvalue weighted by molar-refractivity contribution is 6.31. The van der Waals surface area contributed by atoms with Crippen molar-refractivity contribution in [3.63, 3.8) is 0 Å². The average Bonchev–Trinajstić information content (AvgIpc) is 2.70. The Hall–Kier alpha value is -1.79. The van der Waals surface area contributed by atoms with Crippen molar-refractivity contribution < 1.29 is 14.7 Å². The molecule has 1 aromatic carbocycles. The number of nitrogens with zero attached hydrogens (tertiary/aromatic N) is 1. The van der Waals surface area contributed by atoms with Gasteiger partial charge in [0.25, 0.3) is 5.91 Å². The maximum Gasteiger partial charge on any atom is 0.256 e. The lowest BCUT2D eigenvalue weighted by Crippen LogP contribution is -2.43. The Labute approximate surface area is 114 Å². The number of aliphatic hydroxyl groups is 1. The average molecular weight is 284 g/mol. The van der Waals surface area contributed by atoms with Crippen molar-refractivity contribution >= 4 is 29.1 Å². The standard InChI is InChI=1S/C12H14ClN3O3/c13-6-1-2-8(9(14)3-6)12(19)16-5-7(17)4-10(16)11(15)18/h1-3,7,10,17H,4-5,14H2,(H2,15,18). The van der Waals surface area contributed by atoms with Gasteiger partial charge in [0, 0.05) is 23.7 Å². The lowest BCUT2D eigenvalue weighted by Gasteiger charge is -2.22. The Bertz CT molecular complexity index is 535. The summed E-state index contributed by atoms with van der Waals surface area (Å²) in [5.41, 5.74) is 11.4. The summed E-state index contributed by atoms with van der Waals surface area (Å²) in [6, 6.07) is 3.68. The van der Waals surface area contributed by atoms with Crippen molar-refractivity contribution in [1.29, 1.82) is 0 Å². The third-order valence-electron chi connectivity index (χ3n) is 3.11. The first-order chi connectivity index (χ1) is 8.90. The zero-order valence-corrected chi connectivity index (χ0v) is 10.8. The molecule has 0 spiro atoms. The number of likely N-dealkylation sites (tertiary alicyclic amines) is 1. The first kappa shape index (κ1) is 13.6. The normalized spacial score (nSPS) is 22.5. The number of hydrogen-bond donors (Lipinski definition) is 3. The highest BCUT2D eigenvalue weighted by Gasteiger charge is 2.38. The van der Waals surface area contributed by atoms with Gasteiger partial charge in [-0.2, -0.15) is 0 Å². The Morgan fingerprint density at radius 2 is 2.11 bits per heavy atom. The van der Waals surface area contributed by atoms with Crippen LogP contribution in [0.15, 0.2) is 18.2 Å². The second kappa shape index (κ2) is 5.07. The summed E-state index contributed by atoms with van der Waals surface area (Å²) in [6.45, 7) is 0.0640. The van der Waals surface area contributed by atoms with Crippen LogP contribution in [0, 0.1) is 0 Å². The summed E-state index contributed by atoms with van der Waals surface area (Å²) in [4.78, 5) is 24.9. The maximum atomic E-state index is 12.3. The van der Waals surface area contributed by atoms with Crippen LogP contribution in [0.4, 0.5) is 5.69 Å². The van der Waals surface area contributed by atoms with Crippen LogP contribution in [0.3, 0.4) is 0 Å². The highest BCUT2D eigenvalue weighted by Crippen LogP contribution is 2.24. The number of anilines is 1. The number of carbonyl (C=O) groups is 2. The summed E-state index contributed by atoms with van der Waals surface area (Å²) in [7, 11) is 0. The molecule has 19 heavy (non-hydrogen) atoms. The Balaban J connectivity index is 2.30. The minimum atomic E-state index is -0.808. The van der Waals surface area contributed by atoms with Gasteiger partial charge in [0.05, 0.1) is 11.7 Å². The van der Waals surface area contributed by atoms with Crippen molar-refractivity contribution in [1.82, 2.24) is 4.90 Å². The fourth-order valence-corrected chi connectivity index (χ4v) is 2.37. The summed E-state index contributed by atoms with van der Waals surface area (Å²) in [5.74, 6) is -1.08. The van der Waals surface area contributed by atoms with E-state index in [-0.39, 0.29) is 24.2 Å². The van der Waals surface area contributed by atoms with E-state index in [1.54, 1.807) is 0 Å². The van der Waals surface area contributed by atoms with Crippen LogP contribution in [0.2, 0.25) is 5.02 Å². The molecule has 0 aliphatic carbocycles. The maximum absolute atomic E-state index is 12.3. The smallest absolute Gasteiger partial charge is 0.256 e. The van der Waals surface area contributed by atoms with Gasteiger partial charge in [-0.1, -0.05) is 11.6 Å². The number of carbonyl (C=O) groups excluding carboxylic acids is 2. The summed E-state index contributed by atoms with van der Waals surface area (Å²) >= 11 is 5.76. The number of halogens is 1. The summed E-state index contributed by atoms with van der Waals surface area (Å²) < 4.78 is 0. The van der Waals surface area contributed by atoms with Gasteiger partial charge in [0.1, 0.15) is 6.04 Å². The molecular weight excluding hydrogens is 270 g/mol. The molecule has 2 unspecified atom stereocenters. The van der Waals surface area contributed by atoms with Gasteiger partial charge in [-0.3, -0.25) is 9.59 Å². The molecular formula is C12H14ClN3O3. The molecule has 5 N–H and O–H groups in total. The van der Waals surface area contributed by atoms with E-state index in [1.165, 1.54) is 23.1 Å². The van der Waals surface area contributed by atoms with Gasteiger partial charge < -0.3 is 21.5 Å². The van der Waals surface area contributed by atoms with E-state index in [2.05, 4.69) is 0 Å². The molecule has 2 rings (SSSR count). The number of β-amino-alcohol motifs (C(OH)–C–C–N with tert-alkyl or cyclic N) is 1. The van der Waals surface area contributed by atoms with Crippen LogP contribution in [-0.4, -0.2) is 40.5 Å². The van der Waals surface area contributed by atoms with E-state index >= 15 is 0 Å². The van der Waals surface area contributed by atoms with Crippen LogP contribution < -0.4 is 11.5 Å². The Morgan fingerprint density at radius 3 is 2.68 bits per heavy atom. The molecule has 1 aromatic rings. The minimum absolute atomic E-state index is 0.0640. The lowest BCUT2D eigenvalue weighted by atomic mass is 10.1. The Morgan fingerprint density at radius 1 is 1.42 bits per heavy atom. The zero-order valence-electron chi connectivity index (χ0n) is 10.0. The number of benzene rings is 1. The SMILES string of the molecule is NC(=O)C1CC(O)CN1C(=O)c1ccc(Cl)cc1N. The van der Waals surface area contributed by atoms with Gasteiger partial charge in [0.2, 0.25) is 5.91 Å². The quantitative estimate of drug-likeness (QED) is 0.663. The third kappa shape index (κ3) is 2.64. The fraction of sp³-hybridized carbons (Fsp3) is 0.333. The van der Waals surface area contributed by atoms with Crippen LogP contribution in [-0.2, 0) is 4.79 Å². The zero-order chi connectivity index (χ0) is 14.2. The first-order valence-electron chi connectivity index (χ1n) is 5.73. The van der Waals surface area contributed by atoms with E-state index in [1.807, 2.05) is 0 Å². The molecule has 1 aliphatic heterocycles. The van der Waals surface area contributed by atoms with Crippen LogP contribution >= 0.6 is 11.6 Å². The molecule has 6 nitrogen and oxygen atoms in total. The number of rotatable bonds is 2. The molecule has 0 radical (unpaired) electrons. The monoisotopic (exact) mass is 283 g/mol. The summed E-state index contributed by atoms with van der Waals surface area (Å²) in [5, 5.41) is 9.99. The van der Waals surface area contributed by atoms with Crippen molar-refractivity contribution in [2.24, 2.45) is 5.73 Å². The predicted octanol–water partition coefficient (Wildman–Crippen LogP) is -0.0171. The summed E-state index contributed by atoms with van der Waals surface area (Å²) in [6.07, 6.45) is -0.607. The van der Waals surface area contributed by atoms with E-state index in [9.17, 15) is 14.7 Å². The topological polar surface area (TPSA) is 110 Å². The minimum Gasteiger partial charge on any atom is -0.398 e. The Kier molecular flexibility index (Phi) is 3.64. The number of nitrogens with two attached hydrogens (primary N) is 2. The van der Waals surface area contributed by atoms with Crippen molar-refractivity contribution in [2.75, 3.05) is 12.3 Å². The molecule has 0 saturated carbocycles. The molecule has 102 valence electrons. The first-order valence-corrected chi connectivity index (χ1v) is 6.11. The number of hydrogen-bond acceptors (Lipinski definition) is 4. The second-order valence-corrected chi connectivity index (χ2v) is 4.93. The van der Waals surface area contributed by atoms with E-state index < -0.39 is 24.0 Å². The molecule has 0 bridgehead atoms. The highest BCUT2D eigenvalue weighted by atomic mass is 35.5. The molecule has 0 aromatic heterocycles. The second-order valence-electron chi connectivity index (χ2n) is 4.50. The number of primary amides is 1. The molecule has 1 aliphatic rings. The largest absolute Gasteiger partial charge is 0.398 e. The molecule has 1 saturated heterocycles. The van der Waals surface area contributed by atoms with Crippen molar-refractivity contribution in [3.05, 3.63) is 28.8 Å². The number of nitrogen functional groups attached to an aromatic ring is 1. The molecule has 2 atom stereocenters. The van der Waals surface area contributed by atoms with Crippen LogP contribution in [0.1, 0.15) is 16.8 Å². The van der Waals surface area contributed by atoms with Crippen LogP contribution in [0.5, 0.6) is 0 Å². The van der Waals surface area contributed by atoms with Gasteiger partial charge in [-0.05, 0) is 18.2 Å². The van der Waals surface area contributed by atoms with Gasteiger partial charge in [-0.25, -0.2) is 0 Å². The predicted molar refractivity (Wildman–Crippen MR) is 70.5 cm³/mol. The van der Waals surface area contributed by atoms with Gasteiger partial charge >= 0.3 is 0 Å². The van der Waals surface area contributed by atoms with Gasteiger partial charge in [-0.15, -0.1) is 0 Å². The fourth-order valence-electron chi connectivity index (χ4n) is 2.19. The number of aliphatic hydroxyl groups excluding tert-OH is 1. The molecule has 7 heteroatoms. The van der Waals surface area contributed by atoms with E-state index in [4.69, 9.17) is 23.1 Å². The van der Waals surface area contributed by atoms with E-state index in [0.717, 1.165) is 0 Å². The molecule has 1 heterocycles. The van der Waals surface area contributed by atoms with Gasteiger partial charge in [0.15, 0.2) is 0 Å². The van der Waals surface area contributed by atoms with Crippen LogP contribution in [0.25, 0.3) is 0 Å². The van der Waals surface area contributed by atoms with Crippen molar-refractivity contribution in [2.45, 2.75) is 18.6 Å². The number of amides is 2. The van der Waals surface area contributed by atoms with Crippen molar-refractivity contribution in [3.8, 4) is 0 Å². The van der Waals surface area contributed by atoms with E-state index in [0.29, 0.717) is 5.02 Å². The molecule has 2 amide bonds. The third-order valence-corrected chi connectivity index (χ3v) is 3.35. The molecule has 1 fully saturated rings.